The van der Waals surface area contributed by atoms with Gasteiger partial charge in [-0.25, -0.2) is 0 Å². The molecule has 0 saturated heterocycles. The Morgan fingerprint density at radius 2 is 2.17 bits per heavy atom. The Balaban J connectivity index is 2.32. The summed E-state index contributed by atoms with van der Waals surface area (Å²) < 4.78 is 1.74. The summed E-state index contributed by atoms with van der Waals surface area (Å²) in [6.45, 7) is 2.84. The molecular weight excluding hydrogens is 271 g/mol. The Bertz CT molecular complexity index is 578. The van der Waals surface area contributed by atoms with Crippen LogP contribution in [0.2, 0.25) is 10.0 Å². The molecule has 0 bridgehead atoms. The SMILES string of the molecule is CCCn1cc(C(=O)c2cc(Cl)ccc2Cl)cn1. The van der Waals surface area contributed by atoms with Crippen molar-refractivity contribution < 1.29 is 4.79 Å². The van der Waals surface area contributed by atoms with E-state index in [2.05, 4.69) is 12.0 Å². The number of aryl methyl sites for hydroxylation is 1. The zero-order valence-corrected chi connectivity index (χ0v) is 11.4. The van der Waals surface area contributed by atoms with Gasteiger partial charge in [-0.1, -0.05) is 30.1 Å². The van der Waals surface area contributed by atoms with Crippen molar-refractivity contribution in [1.82, 2.24) is 9.78 Å². The first-order valence-electron chi connectivity index (χ1n) is 5.64. The van der Waals surface area contributed by atoms with Crippen LogP contribution in [0, 0.1) is 0 Å². The molecule has 0 aliphatic rings. The van der Waals surface area contributed by atoms with Crippen LogP contribution in [-0.2, 0) is 6.54 Å². The highest BCUT2D eigenvalue weighted by Crippen LogP contribution is 2.23. The molecule has 94 valence electrons. The Hall–Kier alpha value is -1.32. The third-order valence-corrected chi connectivity index (χ3v) is 3.09. The summed E-state index contributed by atoms with van der Waals surface area (Å²) in [6.07, 6.45) is 4.24. The minimum atomic E-state index is -0.162. The molecule has 0 radical (unpaired) electrons. The van der Waals surface area contributed by atoms with Crippen LogP contribution in [0.3, 0.4) is 0 Å². The predicted molar refractivity (Wildman–Crippen MR) is 72.4 cm³/mol. The second kappa shape index (κ2) is 5.55. The largest absolute Gasteiger partial charge is 0.288 e. The highest BCUT2D eigenvalue weighted by atomic mass is 35.5. The number of benzene rings is 1. The lowest BCUT2D eigenvalue weighted by Crippen LogP contribution is -2.01. The van der Waals surface area contributed by atoms with Gasteiger partial charge in [0.15, 0.2) is 5.78 Å². The summed E-state index contributed by atoms with van der Waals surface area (Å²) in [4.78, 5) is 12.2. The van der Waals surface area contributed by atoms with E-state index < -0.39 is 0 Å². The number of carbonyl (C=O) groups excluding carboxylic acids is 1. The van der Waals surface area contributed by atoms with E-state index in [0.717, 1.165) is 13.0 Å². The average Bonchev–Trinajstić information content (AvgIpc) is 2.80. The number of hydrogen-bond donors (Lipinski definition) is 0. The Morgan fingerprint density at radius 3 is 2.89 bits per heavy atom. The Morgan fingerprint density at radius 1 is 1.39 bits per heavy atom. The first kappa shape index (κ1) is 13.1. The van der Waals surface area contributed by atoms with Gasteiger partial charge in [-0.05, 0) is 24.6 Å². The van der Waals surface area contributed by atoms with E-state index in [4.69, 9.17) is 23.2 Å². The standard InChI is InChI=1S/C13H12Cl2N2O/c1-2-5-17-8-9(7-16-17)13(18)11-6-10(14)3-4-12(11)15/h3-4,6-8H,2,5H2,1H3. The van der Waals surface area contributed by atoms with Crippen LogP contribution < -0.4 is 0 Å². The van der Waals surface area contributed by atoms with E-state index in [1.807, 2.05) is 0 Å². The van der Waals surface area contributed by atoms with Gasteiger partial charge in [0, 0.05) is 23.3 Å². The van der Waals surface area contributed by atoms with E-state index in [1.54, 1.807) is 35.3 Å². The smallest absolute Gasteiger partial charge is 0.197 e. The lowest BCUT2D eigenvalue weighted by Gasteiger charge is -2.02. The van der Waals surface area contributed by atoms with Crippen molar-refractivity contribution in [2.24, 2.45) is 0 Å². The van der Waals surface area contributed by atoms with E-state index in [0.29, 0.717) is 21.2 Å². The molecule has 2 rings (SSSR count). The summed E-state index contributed by atoms with van der Waals surface area (Å²) in [5.74, 6) is -0.162. The van der Waals surface area contributed by atoms with Crippen molar-refractivity contribution in [3.63, 3.8) is 0 Å². The summed E-state index contributed by atoms with van der Waals surface area (Å²) in [7, 11) is 0. The lowest BCUT2D eigenvalue weighted by atomic mass is 10.1. The molecule has 0 fully saturated rings. The molecule has 0 aliphatic heterocycles. The second-order valence-electron chi connectivity index (χ2n) is 3.95. The van der Waals surface area contributed by atoms with Crippen LogP contribution in [0.15, 0.2) is 30.6 Å². The number of aromatic nitrogens is 2. The third kappa shape index (κ3) is 2.74. The van der Waals surface area contributed by atoms with Gasteiger partial charge < -0.3 is 0 Å². The number of carbonyl (C=O) groups is 1. The molecule has 0 aliphatic carbocycles. The molecule has 2 aromatic rings. The maximum Gasteiger partial charge on any atom is 0.197 e. The number of rotatable bonds is 4. The lowest BCUT2D eigenvalue weighted by molar-refractivity contribution is 0.103. The van der Waals surface area contributed by atoms with E-state index in [-0.39, 0.29) is 5.78 Å². The minimum Gasteiger partial charge on any atom is -0.288 e. The maximum atomic E-state index is 12.2. The molecule has 0 spiro atoms. The van der Waals surface area contributed by atoms with E-state index in [1.165, 1.54) is 0 Å². The van der Waals surface area contributed by atoms with Crippen LogP contribution >= 0.6 is 23.2 Å². The van der Waals surface area contributed by atoms with Crippen LogP contribution in [0.4, 0.5) is 0 Å². The highest BCUT2D eigenvalue weighted by molar-refractivity contribution is 6.36. The molecule has 0 saturated carbocycles. The van der Waals surface area contributed by atoms with Gasteiger partial charge in [-0.2, -0.15) is 5.10 Å². The summed E-state index contributed by atoms with van der Waals surface area (Å²) >= 11 is 11.9. The van der Waals surface area contributed by atoms with Gasteiger partial charge in [0.05, 0.1) is 16.8 Å². The van der Waals surface area contributed by atoms with Crippen LogP contribution in [0.5, 0.6) is 0 Å². The fourth-order valence-electron chi connectivity index (χ4n) is 1.66. The van der Waals surface area contributed by atoms with Crippen LogP contribution in [0.1, 0.15) is 29.3 Å². The quantitative estimate of drug-likeness (QED) is 0.799. The van der Waals surface area contributed by atoms with Crippen LogP contribution in [-0.4, -0.2) is 15.6 Å². The number of ketones is 1. The molecule has 1 heterocycles. The summed E-state index contributed by atoms with van der Waals surface area (Å²) in [6, 6.07) is 4.85. The van der Waals surface area contributed by atoms with Gasteiger partial charge in [0.25, 0.3) is 0 Å². The highest BCUT2D eigenvalue weighted by Gasteiger charge is 2.15. The molecule has 1 aromatic heterocycles. The molecule has 0 amide bonds. The van der Waals surface area contributed by atoms with Crippen molar-refractivity contribution in [3.8, 4) is 0 Å². The van der Waals surface area contributed by atoms with E-state index >= 15 is 0 Å². The molecule has 0 N–H and O–H groups in total. The first-order valence-corrected chi connectivity index (χ1v) is 6.39. The van der Waals surface area contributed by atoms with Crippen LogP contribution in [0.25, 0.3) is 0 Å². The fourth-order valence-corrected chi connectivity index (χ4v) is 2.03. The van der Waals surface area contributed by atoms with Gasteiger partial charge in [0.1, 0.15) is 0 Å². The Labute approximate surface area is 115 Å². The molecule has 18 heavy (non-hydrogen) atoms. The van der Waals surface area contributed by atoms with Gasteiger partial charge in [-0.3, -0.25) is 9.48 Å². The molecule has 3 nitrogen and oxygen atoms in total. The van der Waals surface area contributed by atoms with Gasteiger partial charge in [-0.15, -0.1) is 0 Å². The minimum absolute atomic E-state index is 0.162. The predicted octanol–water partition coefficient (Wildman–Crippen LogP) is 3.83. The molecule has 5 heteroatoms. The molecule has 0 atom stereocenters. The summed E-state index contributed by atoms with van der Waals surface area (Å²) in [5, 5.41) is 5.01. The molecular formula is C13H12Cl2N2O. The van der Waals surface area contributed by atoms with Crippen molar-refractivity contribution >= 4 is 29.0 Å². The van der Waals surface area contributed by atoms with E-state index in [9.17, 15) is 4.79 Å². The topological polar surface area (TPSA) is 34.9 Å². The number of nitrogens with zero attached hydrogens (tertiary/aromatic N) is 2. The number of hydrogen-bond acceptors (Lipinski definition) is 2. The molecule has 1 aromatic carbocycles. The van der Waals surface area contributed by atoms with Crippen molar-refractivity contribution in [3.05, 3.63) is 51.8 Å². The first-order chi connectivity index (χ1) is 8.61. The zero-order chi connectivity index (χ0) is 13.1. The Kier molecular flexibility index (Phi) is 4.04. The van der Waals surface area contributed by atoms with Crippen molar-refractivity contribution in [1.29, 1.82) is 0 Å². The number of halogens is 2. The second-order valence-corrected chi connectivity index (χ2v) is 4.79. The van der Waals surface area contributed by atoms with Gasteiger partial charge >= 0.3 is 0 Å². The zero-order valence-electron chi connectivity index (χ0n) is 9.86. The summed E-state index contributed by atoms with van der Waals surface area (Å²) in [5.41, 5.74) is 0.924. The van der Waals surface area contributed by atoms with Crippen molar-refractivity contribution in [2.45, 2.75) is 19.9 Å². The maximum absolute atomic E-state index is 12.2. The van der Waals surface area contributed by atoms with Crippen molar-refractivity contribution in [2.75, 3.05) is 0 Å². The monoisotopic (exact) mass is 282 g/mol. The van der Waals surface area contributed by atoms with Gasteiger partial charge in [0.2, 0.25) is 0 Å². The normalized spacial score (nSPS) is 10.6. The average molecular weight is 283 g/mol. The fraction of sp³-hybridized carbons (Fsp3) is 0.231. The third-order valence-electron chi connectivity index (χ3n) is 2.52. The molecule has 0 unspecified atom stereocenters.